The largest absolute Gasteiger partial charge is 0.347 e. The second-order valence-corrected chi connectivity index (χ2v) is 2.42. The first-order valence-electron chi connectivity index (χ1n) is 3.61. The summed E-state index contributed by atoms with van der Waals surface area (Å²) in [4.78, 5) is 15.1. The minimum atomic E-state index is -0.171. The number of carbonyl (C=O) groups is 1. The van der Waals surface area contributed by atoms with Crippen molar-refractivity contribution in [2.24, 2.45) is 7.05 Å². The van der Waals surface area contributed by atoms with Crippen molar-refractivity contribution >= 4 is 5.91 Å². The van der Waals surface area contributed by atoms with Crippen molar-refractivity contribution in [3.05, 3.63) is 30.9 Å². The van der Waals surface area contributed by atoms with Gasteiger partial charge in [0, 0.05) is 19.8 Å². The van der Waals surface area contributed by atoms with Gasteiger partial charge in [-0.1, -0.05) is 6.08 Å². The van der Waals surface area contributed by atoms with Crippen molar-refractivity contribution < 1.29 is 4.79 Å². The molecular weight excluding hydrogens is 154 g/mol. The van der Waals surface area contributed by atoms with Crippen LogP contribution in [0.25, 0.3) is 0 Å². The summed E-state index contributed by atoms with van der Waals surface area (Å²) in [5, 5.41) is 2.63. The Kier molecular flexibility index (Phi) is 2.63. The maximum Gasteiger partial charge on any atom is 0.271 e. The van der Waals surface area contributed by atoms with Crippen molar-refractivity contribution in [1.29, 1.82) is 0 Å². The lowest BCUT2D eigenvalue weighted by Gasteiger charge is -1.96. The molecule has 1 aromatic rings. The first-order valence-corrected chi connectivity index (χ1v) is 3.61. The molecule has 12 heavy (non-hydrogen) atoms. The highest BCUT2D eigenvalue weighted by atomic mass is 16.1. The maximum absolute atomic E-state index is 11.2. The highest BCUT2D eigenvalue weighted by Gasteiger charge is 2.05. The monoisotopic (exact) mass is 165 g/mol. The van der Waals surface area contributed by atoms with Crippen LogP contribution in [0.2, 0.25) is 0 Å². The lowest BCUT2D eigenvalue weighted by molar-refractivity contribution is 0.0953. The first kappa shape index (κ1) is 8.52. The van der Waals surface area contributed by atoms with Crippen LogP contribution >= 0.6 is 0 Å². The Balaban J connectivity index is 2.59. The molecule has 0 aliphatic rings. The van der Waals surface area contributed by atoms with E-state index in [9.17, 15) is 4.79 Å². The molecule has 1 N–H and O–H groups in total. The first-order chi connectivity index (χ1) is 5.74. The van der Waals surface area contributed by atoms with Crippen molar-refractivity contribution in [1.82, 2.24) is 14.9 Å². The van der Waals surface area contributed by atoms with E-state index in [4.69, 9.17) is 0 Å². The second kappa shape index (κ2) is 3.71. The number of imidazole rings is 1. The van der Waals surface area contributed by atoms with E-state index in [-0.39, 0.29) is 5.91 Å². The summed E-state index contributed by atoms with van der Waals surface area (Å²) in [7, 11) is 1.82. The molecular formula is C8H11N3O. The molecule has 64 valence electrons. The average Bonchev–Trinajstić information content (AvgIpc) is 2.47. The predicted octanol–water partition coefficient (Wildman–Crippen LogP) is 0.336. The number of nitrogens with zero attached hydrogens (tertiary/aromatic N) is 2. The molecule has 0 spiro atoms. The molecule has 0 saturated carbocycles. The third-order valence-corrected chi connectivity index (χ3v) is 1.34. The molecule has 0 atom stereocenters. The molecule has 1 amide bonds. The molecule has 4 heteroatoms. The van der Waals surface area contributed by atoms with Gasteiger partial charge >= 0.3 is 0 Å². The van der Waals surface area contributed by atoms with Crippen LogP contribution in [0.3, 0.4) is 0 Å². The number of amides is 1. The van der Waals surface area contributed by atoms with Crippen molar-refractivity contribution in [3.8, 4) is 0 Å². The summed E-state index contributed by atoms with van der Waals surface area (Å²) < 4.78 is 1.73. The minimum Gasteiger partial charge on any atom is -0.347 e. The average molecular weight is 165 g/mol. The van der Waals surface area contributed by atoms with Gasteiger partial charge in [-0.25, -0.2) is 4.98 Å². The summed E-state index contributed by atoms with van der Waals surface area (Å²) >= 11 is 0. The van der Waals surface area contributed by atoms with Crippen LogP contribution in [0.5, 0.6) is 0 Å². The lowest BCUT2D eigenvalue weighted by Crippen LogP contribution is -2.23. The van der Waals surface area contributed by atoms with Crippen molar-refractivity contribution in [2.45, 2.75) is 0 Å². The summed E-state index contributed by atoms with van der Waals surface area (Å²) in [6.45, 7) is 3.96. The molecule has 4 nitrogen and oxygen atoms in total. The van der Waals surface area contributed by atoms with Crippen LogP contribution in [-0.4, -0.2) is 22.0 Å². The van der Waals surface area contributed by atoms with Gasteiger partial charge in [0.05, 0.1) is 6.33 Å². The highest BCUT2D eigenvalue weighted by Crippen LogP contribution is 1.92. The Morgan fingerprint density at radius 1 is 1.92 bits per heavy atom. The van der Waals surface area contributed by atoms with E-state index in [2.05, 4.69) is 16.9 Å². The topological polar surface area (TPSA) is 46.9 Å². The fourth-order valence-electron chi connectivity index (χ4n) is 0.786. The maximum atomic E-state index is 11.2. The van der Waals surface area contributed by atoms with Crippen molar-refractivity contribution in [2.75, 3.05) is 6.54 Å². The zero-order valence-electron chi connectivity index (χ0n) is 6.95. The Bertz CT molecular complexity index is 290. The Labute approximate surface area is 70.9 Å². The molecule has 1 rings (SSSR count). The molecule has 0 aliphatic carbocycles. The Morgan fingerprint density at radius 3 is 3.17 bits per heavy atom. The van der Waals surface area contributed by atoms with Crippen LogP contribution in [0.4, 0.5) is 0 Å². The third-order valence-electron chi connectivity index (χ3n) is 1.34. The zero-order valence-corrected chi connectivity index (χ0v) is 6.95. The molecule has 0 bridgehead atoms. The molecule has 0 fully saturated rings. The summed E-state index contributed by atoms with van der Waals surface area (Å²) in [6.07, 6.45) is 4.88. The third kappa shape index (κ3) is 1.95. The quantitative estimate of drug-likeness (QED) is 0.656. The number of hydrogen-bond acceptors (Lipinski definition) is 2. The van der Waals surface area contributed by atoms with Gasteiger partial charge in [-0.15, -0.1) is 6.58 Å². The number of aryl methyl sites for hydroxylation is 1. The smallest absolute Gasteiger partial charge is 0.271 e. The fourth-order valence-corrected chi connectivity index (χ4v) is 0.786. The number of nitrogens with one attached hydrogen (secondary N) is 1. The zero-order chi connectivity index (χ0) is 8.97. The van der Waals surface area contributed by atoms with E-state index in [0.29, 0.717) is 12.2 Å². The van der Waals surface area contributed by atoms with E-state index in [1.807, 2.05) is 7.05 Å². The summed E-state index contributed by atoms with van der Waals surface area (Å²) in [6, 6.07) is 0. The van der Waals surface area contributed by atoms with Gasteiger partial charge in [0.15, 0.2) is 0 Å². The van der Waals surface area contributed by atoms with Crippen LogP contribution in [0, 0.1) is 0 Å². The van der Waals surface area contributed by atoms with E-state index in [1.165, 1.54) is 0 Å². The van der Waals surface area contributed by atoms with Gasteiger partial charge in [0.25, 0.3) is 5.91 Å². The molecule has 0 aliphatic heterocycles. The Hall–Kier alpha value is -1.58. The van der Waals surface area contributed by atoms with Gasteiger partial charge in [-0.2, -0.15) is 0 Å². The van der Waals surface area contributed by atoms with Crippen molar-refractivity contribution in [3.63, 3.8) is 0 Å². The van der Waals surface area contributed by atoms with Crippen LogP contribution in [0.1, 0.15) is 10.5 Å². The molecule has 0 radical (unpaired) electrons. The SMILES string of the molecule is C=CCNC(=O)c1cn(C)cn1. The molecule has 1 heterocycles. The van der Waals surface area contributed by atoms with E-state index >= 15 is 0 Å². The van der Waals surface area contributed by atoms with E-state index in [1.54, 1.807) is 23.2 Å². The number of carbonyl (C=O) groups excluding carboxylic acids is 1. The normalized spacial score (nSPS) is 9.42. The lowest BCUT2D eigenvalue weighted by atomic mass is 10.4. The molecule has 0 aromatic carbocycles. The van der Waals surface area contributed by atoms with Gasteiger partial charge in [-0.05, 0) is 0 Å². The number of rotatable bonds is 3. The van der Waals surface area contributed by atoms with Gasteiger partial charge < -0.3 is 9.88 Å². The molecule has 0 unspecified atom stereocenters. The number of hydrogen-bond donors (Lipinski definition) is 1. The van der Waals surface area contributed by atoms with E-state index < -0.39 is 0 Å². The Morgan fingerprint density at radius 2 is 2.67 bits per heavy atom. The standard InChI is InChI=1S/C8H11N3O/c1-3-4-9-8(12)7-5-11(2)6-10-7/h3,5-6H,1,4H2,2H3,(H,9,12). The van der Waals surface area contributed by atoms with Crippen LogP contribution < -0.4 is 5.32 Å². The van der Waals surface area contributed by atoms with E-state index in [0.717, 1.165) is 0 Å². The highest BCUT2D eigenvalue weighted by molar-refractivity contribution is 5.92. The molecule has 0 saturated heterocycles. The molecule has 1 aromatic heterocycles. The van der Waals surface area contributed by atoms with Crippen LogP contribution in [0.15, 0.2) is 25.2 Å². The summed E-state index contributed by atoms with van der Waals surface area (Å²) in [5.41, 5.74) is 0.430. The second-order valence-electron chi connectivity index (χ2n) is 2.42. The van der Waals surface area contributed by atoms with Crippen LogP contribution in [-0.2, 0) is 7.05 Å². The minimum absolute atomic E-state index is 0.171. The van der Waals surface area contributed by atoms with Gasteiger partial charge in [-0.3, -0.25) is 4.79 Å². The predicted molar refractivity (Wildman–Crippen MR) is 45.7 cm³/mol. The summed E-state index contributed by atoms with van der Waals surface area (Å²) in [5.74, 6) is -0.171. The van der Waals surface area contributed by atoms with Gasteiger partial charge in [0.2, 0.25) is 0 Å². The fraction of sp³-hybridized carbons (Fsp3) is 0.250. The van der Waals surface area contributed by atoms with Gasteiger partial charge in [0.1, 0.15) is 5.69 Å². The number of aromatic nitrogens is 2.